The summed E-state index contributed by atoms with van der Waals surface area (Å²) < 4.78 is 46.6. The van der Waals surface area contributed by atoms with Gasteiger partial charge in [-0.1, -0.05) is 67.4 Å². The summed E-state index contributed by atoms with van der Waals surface area (Å²) in [5.74, 6) is 0.358. The average Bonchev–Trinajstić information content (AvgIpc) is 3.66. The summed E-state index contributed by atoms with van der Waals surface area (Å²) in [4.78, 5) is 30.6. The Labute approximate surface area is 301 Å². The third-order valence-electron chi connectivity index (χ3n) is 9.23. The van der Waals surface area contributed by atoms with Gasteiger partial charge in [-0.2, -0.15) is 0 Å². The van der Waals surface area contributed by atoms with E-state index >= 15 is 0 Å². The molecule has 1 unspecified atom stereocenters. The molecule has 0 spiro atoms. The Balaban J connectivity index is 1.59. The topological polar surface area (TPSA) is 114 Å². The van der Waals surface area contributed by atoms with Crippen molar-refractivity contribution in [2.45, 2.75) is 69.5 Å². The molecule has 0 aliphatic heterocycles. The summed E-state index contributed by atoms with van der Waals surface area (Å²) in [6, 6.07) is 27.2. The van der Waals surface area contributed by atoms with Gasteiger partial charge in [0, 0.05) is 25.1 Å². The number of anilines is 1. The van der Waals surface area contributed by atoms with Gasteiger partial charge in [-0.05, 0) is 79.8 Å². The van der Waals surface area contributed by atoms with Crippen molar-refractivity contribution in [1.29, 1.82) is 0 Å². The van der Waals surface area contributed by atoms with Crippen molar-refractivity contribution in [3.05, 3.63) is 114 Å². The van der Waals surface area contributed by atoms with Crippen molar-refractivity contribution in [2.75, 3.05) is 31.7 Å². The SMILES string of the molecule is CCOc1ccc(N(CC(=O)N(Cc2ccccc2C)C(Cc2ccccc2)C(=O)NC2CCCC2)S(=O)(=O)c2ccc(OC)c(OC)c2)cc1. The monoisotopic (exact) mass is 713 g/mol. The lowest BCUT2D eigenvalue weighted by Crippen LogP contribution is -2.54. The first-order chi connectivity index (χ1) is 24.6. The molecule has 1 saturated carbocycles. The zero-order chi connectivity index (χ0) is 36.4. The first-order valence-electron chi connectivity index (χ1n) is 17.3. The van der Waals surface area contributed by atoms with E-state index in [4.69, 9.17) is 14.2 Å². The minimum Gasteiger partial charge on any atom is -0.494 e. The van der Waals surface area contributed by atoms with Gasteiger partial charge in [0.25, 0.3) is 10.0 Å². The number of carbonyl (C=O) groups is 2. The number of nitrogens with one attached hydrogen (secondary N) is 1. The molecule has 0 bridgehead atoms. The van der Waals surface area contributed by atoms with Crippen LogP contribution in [0, 0.1) is 6.92 Å². The van der Waals surface area contributed by atoms with Crippen LogP contribution in [-0.4, -0.2) is 64.6 Å². The molecule has 0 heterocycles. The Morgan fingerprint density at radius 1 is 0.863 bits per heavy atom. The van der Waals surface area contributed by atoms with E-state index in [1.54, 1.807) is 24.3 Å². The number of hydrogen-bond donors (Lipinski definition) is 1. The molecule has 2 amide bonds. The number of rotatable bonds is 16. The van der Waals surface area contributed by atoms with Crippen molar-refractivity contribution in [2.24, 2.45) is 0 Å². The summed E-state index contributed by atoms with van der Waals surface area (Å²) in [5, 5.41) is 3.21. The van der Waals surface area contributed by atoms with Gasteiger partial charge in [0.15, 0.2) is 11.5 Å². The maximum absolute atomic E-state index is 14.9. The fraction of sp³-hybridized carbons (Fsp3) is 0.350. The van der Waals surface area contributed by atoms with Crippen molar-refractivity contribution in [3.8, 4) is 17.2 Å². The van der Waals surface area contributed by atoms with Crippen LogP contribution >= 0.6 is 0 Å². The summed E-state index contributed by atoms with van der Waals surface area (Å²) in [5.41, 5.74) is 2.94. The van der Waals surface area contributed by atoms with E-state index in [2.05, 4.69) is 5.32 Å². The molecule has 1 N–H and O–H groups in total. The van der Waals surface area contributed by atoms with Crippen LogP contribution in [-0.2, 0) is 32.6 Å². The molecule has 1 aliphatic carbocycles. The standard InChI is InChI=1S/C40H47N3O7S/c1-5-50-34-21-19-33(20-22-34)43(51(46,47)35-23-24-37(48-3)38(26-35)49-4)28-39(44)42(27-31-16-10-9-13-29(31)2)36(25-30-14-7-6-8-15-30)40(45)41-32-17-11-12-18-32/h6-10,13-16,19-24,26,32,36H,5,11-12,17-18,25,27-28H2,1-4H3,(H,41,45). The highest BCUT2D eigenvalue weighted by atomic mass is 32.2. The fourth-order valence-electron chi connectivity index (χ4n) is 6.40. The molecule has 11 heteroatoms. The Morgan fingerprint density at radius 2 is 1.53 bits per heavy atom. The summed E-state index contributed by atoms with van der Waals surface area (Å²) in [6.45, 7) is 3.78. The number of carbonyl (C=O) groups excluding carboxylic acids is 2. The molecule has 0 saturated heterocycles. The molecule has 0 radical (unpaired) electrons. The zero-order valence-electron chi connectivity index (χ0n) is 29.7. The molecular formula is C40H47N3O7S. The van der Waals surface area contributed by atoms with E-state index < -0.39 is 28.5 Å². The predicted molar refractivity (Wildman–Crippen MR) is 198 cm³/mol. The second-order valence-electron chi connectivity index (χ2n) is 12.6. The number of hydrogen-bond acceptors (Lipinski definition) is 7. The number of nitrogens with zero attached hydrogens (tertiary/aromatic N) is 2. The quantitative estimate of drug-likeness (QED) is 0.145. The molecule has 1 aliphatic rings. The van der Waals surface area contributed by atoms with Crippen LogP contribution in [0.5, 0.6) is 17.2 Å². The molecule has 1 atom stereocenters. The second kappa shape index (κ2) is 17.3. The number of aryl methyl sites for hydroxylation is 1. The van der Waals surface area contributed by atoms with E-state index in [0.717, 1.165) is 46.7 Å². The Hall–Kier alpha value is -5.03. The number of amides is 2. The van der Waals surface area contributed by atoms with Gasteiger partial charge in [0.05, 0.1) is 31.4 Å². The summed E-state index contributed by atoms with van der Waals surface area (Å²) in [6.07, 6.45) is 4.08. The first kappa shape index (κ1) is 37.2. The third kappa shape index (κ3) is 9.21. The molecule has 51 heavy (non-hydrogen) atoms. The average molecular weight is 714 g/mol. The van der Waals surface area contributed by atoms with Crippen LogP contribution < -0.4 is 23.8 Å². The third-order valence-corrected chi connectivity index (χ3v) is 11.0. The van der Waals surface area contributed by atoms with Crippen molar-refractivity contribution >= 4 is 27.5 Å². The number of ether oxygens (including phenoxy) is 3. The van der Waals surface area contributed by atoms with Crippen LogP contribution in [0.2, 0.25) is 0 Å². The second-order valence-corrected chi connectivity index (χ2v) is 14.5. The minimum absolute atomic E-state index is 0.0250. The Kier molecular flexibility index (Phi) is 12.6. The highest BCUT2D eigenvalue weighted by molar-refractivity contribution is 7.92. The molecule has 5 rings (SSSR count). The van der Waals surface area contributed by atoms with Crippen molar-refractivity contribution < 1.29 is 32.2 Å². The molecular weight excluding hydrogens is 667 g/mol. The lowest BCUT2D eigenvalue weighted by Gasteiger charge is -2.34. The number of benzene rings is 4. The normalized spacial score (nSPS) is 13.6. The van der Waals surface area contributed by atoms with Gasteiger partial charge in [-0.15, -0.1) is 0 Å². The molecule has 4 aromatic rings. The molecule has 4 aromatic carbocycles. The van der Waals surface area contributed by atoms with E-state index in [-0.39, 0.29) is 41.2 Å². The van der Waals surface area contributed by atoms with Crippen LogP contribution in [0.25, 0.3) is 0 Å². The summed E-state index contributed by atoms with van der Waals surface area (Å²) in [7, 11) is -1.47. The largest absolute Gasteiger partial charge is 0.494 e. The number of methoxy groups -OCH3 is 2. The fourth-order valence-corrected chi connectivity index (χ4v) is 7.83. The molecule has 10 nitrogen and oxygen atoms in total. The van der Waals surface area contributed by atoms with Gasteiger partial charge < -0.3 is 24.4 Å². The van der Waals surface area contributed by atoms with E-state index in [9.17, 15) is 18.0 Å². The van der Waals surface area contributed by atoms with Crippen molar-refractivity contribution in [1.82, 2.24) is 10.2 Å². The van der Waals surface area contributed by atoms with Crippen LogP contribution in [0.3, 0.4) is 0 Å². The van der Waals surface area contributed by atoms with E-state index in [0.29, 0.717) is 18.1 Å². The maximum Gasteiger partial charge on any atom is 0.264 e. The maximum atomic E-state index is 14.9. The van der Waals surface area contributed by atoms with Gasteiger partial charge in [0.2, 0.25) is 11.8 Å². The molecule has 0 aromatic heterocycles. The van der Waals surface area contributed by atoms with E-state index in [1.165, 1.54) is 37.3 Å². The summed E-state index contributed by atoms with van der Waals surface area (Å²) >= 11 is 0. The highest BCUT2D eigenvalue weighted by Gasteiger charge is 2.36. The van der Waals surface area contributed by atoms with Gasteiger partial charge in [-0.3, -0.25) is 13.9 Å². The van der Waals surface area contributed by atoms with Gasteiger partial charge >= 0.3 is 0 Å². The number of sulfonamides is 1. The molecule has 1 fully saturated rings. The van der Waals surface area contributed by atoms with Crippen LogP contribution in [0.15, 0.2) is 102 Å². The minimum atomic E-state index is -4.36. The first-order valence-corrected chi connectivity index (χ1v) is 18.7. The molecule has 270 valence electrons. The van der Waals surface area contributed by atoms with Crippen LogP contribution in [0.1, 0.15) is 49.3 Å². The lowest BCUT2D eigenvalue weighted by atomic mass is 10.0. The predicted octanol–water partition coefficient (Wildman–Crippen LogP) is 6.31. The van der Waals surface area contributed by atoms with Crippen LogP contribution in [0.4, 0.5) is 5.69 Å². The Morgan fingerprint density at radius 3 is 2.18 bits per heavy atom. The lowest BCUT2D eigenvalue weighted by molar-refractivity contribution is -0.140. The van der Waals surface area contributed by atoms with E-state index in [1.807, 2.05) is 68.4 Å². The Bertz CT molecular complexity index is 1880. The smallest absolute Gasteiger partial charge is 0.264 e. The van der Waals surface area contributed by atoms with Gasteiger partial charge in [-0.25, -0.2) is 8.42 Å². The van der Waals surface area contributed by atoms with Gasteiger partial charge in [0.1, 0.15) is 18.3 Å². The highest BCUT2D eigenvalue weighted by Crippen LogP contribution is 2.33. The van der Waals surface area contributed by atoms with Crippen molar-refractivity contribution in [3.63, 3.8) is 0 Å². The zero-order valence-corrected chi connectivity index (χ0v) is 30.5.